The van der Waals surface area contributed by atoms with Crippen LogP contribution >= 0.6 is 0 Å². The lowest BCUT2D eigenvalue weighted by atomic mass is 9.60. The Balaban J connectivity index is 2.14. The monoisotopic (exact) mass is 216 g/mol. The van der Waals surface area contributed by atoms with Crippen LogP contribution < -0.4 is 0 Å². The zero-order valence-electron chi connectivity index (χ0n) is 10.4. The van der Waals surface area contributed by atoms with E-state index in [4.69, 9.17) is 4.42 Å². The van der Waals surface area contributed by atoms with Crippen LogP contribution in [0.25, 0.3) is 0 Å². The van der Waals surface area contributed by atoms with Crippen LogP contribution in [0.15, 0.2) is 28.4 Å². The van der Waals surface area contributed by atoms with Crippen LogP contribution in [0.1, 0.15) is 50.9 Å². The number of allylic oxidation sites excluding steroid dienone is 2. The van der Waals surface area contributed by atoms with Crippen molar-refractivity contribution in [2.75, 3.05) is 0 Å². The molecule has 3 aliphatic carbocycles. The van der Waals surface area contributed by atoms with Gasteiger partial charge in [-0.05, 0) is 49.1 Å². The Hall–Kier alpha value is -0.980. The summed E-state index contributed by atoms with van der Waals surface area (Å²) in [6.07, 6.45) is 7.99. The number of hydrogen-bond acceptors (Lipinski definition) is 1. The molecule has 0 amide bonds. The quantitative estimate of drug-likeness (QED) is 0.589. The molecule has 16 heavy (non-hydrogen) atoms. The van der Waals surface area contributed by atoms with Crippen molar-refractivity contribution in [3.05, 3.63) is 35.3 Å². The highest BCUT2D eigenvalue weighted by Crippen LogP contribution is 2.51. The molecule has 1 nitrogen and oxygen atoms in total. The first-order chi connectivity index (χ1) is 7.61. The Morgan fingerprint density at radius 1 is 1.44 bits per heavy atom. The molecule has 0 saturated heterocycles. The van der Waals surface area contributed by atoms with Gasteiger partial charge in [0.25, 0.3) is 0 Å². The largest absolute Gasteiger partial charge is 0.468 e. The molecule has 0 saturated carbocycles. The Labute approximate surface area is 97.5 Å². The zero-order chi connectivity index (χ0) is 11.3. The third-order valence-electron chi connectivity index (χ3n) is 5.08. The van der Waals surface area contributed by atoms with Gasteiger partial charge in [-0.1, -0.05) is 25.5 Å². The van der Waals surface area contributed by atoms with Crippen molar-refractivity contribution in [2.24, 2.45) is 11.3 Å². The molecule has 0 aromatic carbocycles. The summed E-state index contributed by atoms with van der Waals surface area (Å²) in [4.78, 5) is 0. The van der Waals surface area contributed by atoms with Crippen molar-refractivity contribution in [3.8, 4) is 0 Å². The number of hydrogen-bond donors (Lipinski definition) is 0. The molecule has 1 heterocycles. The minimum atomic E-state index is 0.408. The molecular formula is C15H20O. The lowest BCUT2D eigenvalue weighted by Crippen LogP contribution is -2.34. The average molecular weight is 216 g/mol. The molecule has 0 fully saturated rings. The number of fused-ring (bicyclic) bond motifs is 2. The first-order valence-corrected chi connectivity index (χ1v) is 6.36. The summed E-state index contributed by atoms with van der Waals surface area (Å²) in [6, 6.07) is 2.16. The molecule has 1 aromatic rings. The molecule has 1 heteroatoms. The minimum Gasteiger partial charge on any atom is -0.468 e. The smallest absolute Gasteiger partial charge is 0.113 e. The van der Waals surface area contributed by atoms with E-state index in [9.17, 15) is 0 Å². The van der Waals surface area contributed by atoms with E-state index in [1.807, 2.05) is 6.26 Å². The van der Waals surface area contributed by atoms with Gasteiger partial charge in [-0.25, -0.2) is 0 Å². The first kappa shape index (κ1) is 10.2. The molecule has 4 rings (SSSR count). The van der Waals surface area contributed by atoms with E-state index in [1.165, 1.54) is 30.6 Å². The van der Waals surface area contributed by atoms with Gasteiger partial charge in [0.15, 0.2) is 0 Å². The summed E-state index contributed by atoms with van der Waals surface area (Å²) in [6.45, 7) is 7.14. The summed E-state index contributed by atoms with van der Waals surface area (Å²) < 4.78 is 5.70. The Kier molecular flexibility index (Phi) is 2.07. The second kappa shape index (κ2) is 3.26. The summed E-state index contributed by atoms with van der Waals surface area (Å²) in [5.74, 6) is 2.52. The molecular weight excluding hydrogens is 196 g/mol. The highest BCUT2D eigenvalue weighted by molar-refractivity contribution is 5.33. The van der Waals surface area contributed by atoms with Crippen LogP contribution in [0.4, 0.5) is 0 Å². The molecule has 3 atom stereocenters. The summed E-state index contributed by atoms with van der Waals surface area (Å²) >= 11 is 0. The van der Waals surface area contributed by atoms with E-state index in [-0.39, 0.29) is 0 Å². The van der Waals surface area contributed by atoms with Crippen LogP contribution in [0.2, 0.25) is 0 Å². The van der Waals surface area contributed by atoms with E-state index in [0.717, 1.165) is 5.92 Å². The molecule has 1 aromatic heterocycles. The van der Waals surface area contributed by atoms with Crippen molar-refractivity contribution in [2.45, 2.75) is 46.0 Å². The standard InChI is InChI=1S/C15H20O/c1-10-8-13-9-11(2)15(10,3)6-4-12-5-7-16-14(12)13/h5,7-8,11,13H,4,6,9H2,1-3H3. The first-order valence-electron chi connectivity index (χ1n) is 6.36. The second-order valence-corrected chi connectivity index (χ2v) is 5.82. The van der Waals surface area contributed by atoms with Crippen molar-refractivity contribution in [1.29, 1.82) is 0 Å². The van der Waals surface area contributed by atoms with Gasteiger partial charge in [0.1, 0.15) is 5.76 Å². The van der Waals surface area contributed by atoms with Crippen LogP contribution in [0, 0.1) is 11.3 Å². The zero-order valence-corrected chi connectivity index (χ0v) is 10.4. The topological polar surface area (TPSA) is 13.1 Å². The predicted molar refractivity (Wildman–Crippen MR) is 65.4 cm³/mol. The minimum absolute atomic E-state index is 0.408. The fraction of sp³-hybridized carbons (Fsp3) is 0.600. The van der Waals surface area contributed by atoms with Crippen molar-refractivity contribution in [3.63, 3.8) is 0 Å². The van der Waals surface area contributed by atoms with E-state index < -0.39 is 0 Å². The summed E-state index contributed by atoms with van der Waals surface area (Å²) in [5, 5.41) is 0. The van der Waals surface area contributed by atoms with E-state index in [2.05, 4.69) is 32.9 Å². The third-order valence-corrected chi connectivity index (χ3v) is 5.08. The van der Waals surface area contributed by atoms with E-state index in [0.29, 0.717) is 11.3 Å². The summed E-state index contributed by atoms with van der Waals surface area (Å²) in [7, 11) is 0. The van der Waals surface area contributed by atoms with E-state index in [1.54, 1.807) is 5.57 Å². The maximum atomic E-state index is 5.70. The van der Waals surface area contributed by atoms with Gasteiger partial charge in [-0.2, -0.15) is 0 Å². The van der Waals surface area contributed by atoms with Gasteiger partial charge in [0.05, 0.1) is 6.26 Å². The molecule has 86 valence electrons. The van der Waals surface area contributed by atoms with Gasteiger partial charge in [-0.3, -0.25) is 0 Å². The van der Waals surface area contributed by atoms with Crippen molar-refractivity contribution in [1.82, 2.24) is 0 Å². The molecule has 0 spiro atoms. The van der Waals surface area contributed by atoms with Crippen molar-refractivity contribution >= 4 is 0 Å². The number of rotatable bonds is 0. The van der Waals surface area contributed by atoms with Crippen LogP contribution in [0.5, 0.6) is 0 Å². The SMILES string of the molecule is CC1=CC2CC(C)C1(C)CCc1ccoc12. The molecule has 2 bridgehead atoms. The number of aryl methyl sites for hydroxylation is 1. The van der Waals surface area contributed by atoms with Gasteiger partial charge >= 0.3 is 0 Å². The third kappa shape index (κ3) is 1.24. The number of furan rings is 1. The Morgan fingerprint density at radius 3 is 3.00 bits per heavy atom. The highest BCUT2D eigenvalue weighted by Gasteiger charge is 2.40. The molecule has 0 radical (unpaired) electrons. The average Bonchev–Trinajstić information content (AvgIpc) is 2.69. The van der Waals surface area contributed by atoms with Crippen LogP contribution in [0.3, 0.4) is 0 Å². The molecule has 0 N–H and O–H groups in total. The van der Waals surface area contributed by atoms with Gasteiger partial charge in [-0.15, -0.1) is 0 Å². The normalized spacial score (nSPS) is 37.6. The summed E-state index contributed by atoms with van der Waals surface area (Å²) in [5.41, 5.74) is 3.41. The Bertz CT molecular complexity index is 440. The fourth-order valence-corrected chi connectivity index (χ4v) is 3.49. The lowest BCUT2D eigenvalue weighted by molar-refractivity contribution is 0.188. The van der Waals surface area contributed by atoms with Crippen LogP contribution in [-0.2, 0) is 6.42 Å². The van der Waals surface area contributed by atoms with Gasteiger partial charge < -0.3 is 4.42 Å². The molecule has 3 aliphatic rings. The maximum Gasteiger partial charge on any atom is 0.113 e. The second-order valence-electron chi connectivity index (χ2n) is 5.82. The van der Waals surface area contributed by atoms with E-state index >= 15 is 0 Å². The molecule has 0 aliphatic heterocycles. The lowest BCUT2D eigenvalue weighted by Gasteiger charge is -2.44. The molecule has 3 unspecified atom stereocenters. The van der Waals surface area contributed by atoms with Gasteiger partial charge in [0, 0.05) is 5.92 Å². The van der Waals surface area contributed by atoms with Gasteiger partial charge in [0.2, 0.25) is 0 Å². The predicted octanol–water partition coefficient (Wildman–Crippen LogP) is 4.30. The fourth-order valence-electron chi connectivity index (χ4n) is 3.49. The Morgan fingerprint density at radius 2 is 2.25 bits per heavy atom. The van der Waals surface area contributed by atoms with Crippen LogP contribution in [-0.4, -0.2) is 0 Å². The van der Waals surface area contributed by atoms with Crippen molar-refractivity contribution < 1.29 is 4.42 Å². The highest BCUT2D eigenvalue weighted by atomic mass is 16.3. The maximum absolute atomic E-state index is 5.70.